The number of phenolic OH excluding ortho intramolecular Hbond substituents is 1. The zero-order valence-electron chi connectivity index (χ0n) is 25.7. The summed E-state index contributed by atoms with van der Waals surface area (Å²) in [6, 6.07) is 17.7. The minimum atomic E-state index is -1.15. The Morgan fingerprint density at radius 1 is 0.787 bits per heavy atom. The second kappa shape index (κ2) is 20.0. The van der Waals surface area contributed by atoms with E-state index >= 15 is 0 Å². The maximum atomic E-state index is 12.4. The van der Waals surface area contributed by atoms with E-state index in [-0.39, 0.29) is 18.0 Å². The number of phenols is 1. The lowest BCUT2D eigenvalue weighted by atomic mass is 10.0. The van der Waals surface area contributed by atoms with Crippen molar-refractivity contribution in [3.63, 3.8) is 0 Å². The molecule has 0 aliphatic carbocycles. The molecular formula is C31H31N3O9S4. The smallest absolute Gasteiger partial charge is 0.335 e. The summed E-state index contributed by atoms with van der Waals surface area (Å²) < 4.78 is 61.9. The number of hydrogen-bond donors (Lipinski definition) is 1. The van der Waals surface area contributed by atoms with E-state index in [9.17, 15) is 18.3 Å². The second-order valence-corrected chi connectivity index (χ2v) is 12.3. The lowest BCUT2D eigenvalue weighted by Gasteiger charge is -2.08. The van der Waals surface area contributed by atoms with Crippen molar-refractivity contribution in [3.8, 4) is 17.3 Å². The van der Waals surface area contributed by atoms with Crippen molar-refractivity contribution in [2.75, 3.05) is 12.5 Å². The quantitative estimate of drug-likeness (QED) is 0.224. The summed E-state index contributed by atoms with van der Waals surface area (Å²) in [5, 5.41) is 9.87. The van der Waals surface area contributed by atoms with E-state index in [1.165, 1.54) is 6.07 Å². The number of hydrogen-bond acceptors (Lipinski definition) is 12. The SMILES string of the molecule is CCc1cccnc1-c1nc2cc(S(C)=O)ccc2o1.CCc1cccnc1C(=O)Cc1cc(S(C)=O)ccc1O.O=S=O.O=S=O. The van der Waals surface area contributed by atoms with Gasteiger partial charge in [0.05, 0.1) is 0 Å². The number of Topliss-reactive ketones (excluding diaryl/α,β-unsaturated/α-hetero) is 1. The molecule has 0 fully saturated rings. The number of oxazole rings is 1. The van der Waals surface area contributed by atoms with Gasteiger partial charge in [-0.05, 0) is 72.5 Å². The summed E-state index contributed by atoms with van der Waals surface area (Å²) in [4.78, 5) is 26.7. The van der Waals surface area contributed by atoms with E-state index in [2.05, 4.69) is 21.9 Å². The van der Waals surface area contributed by atoms with Gasteiger partial charge in [-0.1, -0.05) is 26.0 Å². The molecule has 5 rings (SSSR count). The maximum absolute atomic E-state index is 12.4. The molecule has 0 bridgehead atoms. The highest BCUT2D eigenvalue weighted by molar-refractivity contribution is 7.84. The number of aromatic nitrogens is 3. The highest BCUT2D eigenvalue weighted by atomic mass is 32.2. The van der Waals surface area contributed by atoms with Crippen molar-refractivity contribution in [1.29, 1.82) is 0 Å². The van der Waals surface area contributed by atoms with Crippen LogP contribution in [0.5, 0.6) is 5.75 Å². The van der Waals surface area contributed by atoms with E-state index in [0.29, 0.717) is 33.1 Å². The first kappa shape index (κ1) is 38.8. The maximum Gasteiger partial charge on any atom is 0.335 e. The van der Waals surface area contributed by atoms with Gasteiger partial charge in [0.2, 0.25) is 5.89 Å². The minimum Gasteiger partial charge on any atom is -0.508 e. The second-order valence-electron chi connectivity index (χ2n) is 9.31. The molecule has 47 heavy (non-hydrogen) atoms. The lowest BCUT2D eigenvalue weighted by Crippen LogP contribution is -2.09. The van der Waals surface area contributed by atoms with Crippen LogP contribution in [-0.2, 0) is 64.0 Å². The van der Waals surface area contributed by atoms with E-state index in [1.54, 1.807) is 61.3 Å². The Balaban J connectivity index is 0.000000280. The van der Waals surface area contributed by atoms with E-state index in [4.69, 9.17) is 21.3 Å². The summed E-state index contributed by atoms with van der Waals surface area (Å²) in [7, 11) is -2.17. The first-order valence-corrected chi connectivity index (χ1v) is 18.1. The molecule has 2 aromatic carbocycles. The molecule has 0 saturated carbocycles. The van der Waals surface area contributed by atoms with Crippen molar-refractivity contribution < 1.29 is 39.6 Å². The van der Waals surface area contributed by atoms with Crippen LogP contribution in [0.1, 0.15) is 41.0 Å². The molecule has 0 radical (unpaired) electrons. The number of fused-ring (bicyclic) bond motifs is 1. The number of nitrogens with zero attached hydrogens (tertiary/aromatic N) is 3. The highest BCUT2D eigenvalue weighted by Crippen LogP contribution is 2.27. The van der Waals surface area contributed by atoms with Crippen LogP contribution in [0.2, 0.25) is 0 Å². The zero-order chi connectivity index (χ0) is 34.9. The Labute approximate surface area is 283 Å². The third kappa shape index (κ3) is 11.4. The normalized spacial score (nSPS) is 11.3. The Morgan fingerprint density at radius 3 is 1.94 bits per heavy atom. The number of carbonyl (C=O) groups is 1. The molecule has 0 amide bonds. The number of aryl methyl sites for hydroxylation is 2. The van der Waals surface area contributed by atoms with Gasteiger partial charge in [0, 0.05) is 68.3 Å². The van der Waals surface area contributed by atoms with Gasteiger partial charge in [-0.25, -0.2) is 4.98 Å². The predicted molar refractivity (Wildman–Crippen MR) is 179 cm³/mol. The van der Waals surface area contributed by atoms with Gasteiger partial charge in [-0.3, -0.25) is 23.2 Å². The van der Waals surface area contributed by atoms with Crippen molar-refractivity contribution in [2.45, 2.75) is 42.9 Å². The molecule has 0 aliphatic rings. The van der Waals surface area contributed by atoms with E-state index in [1.807, 2.05) is 25.1 Å². The Bertz CT molecular complexity index is 1940. The number of carbonyl (C=O) groups excluding carboxylic acids is 1. The predicted octanol–water partition coefficient (Wildman–Crippen LogP) is 4.36. The minimum absolute atomic E-state index is 0.0338. The van der Waals surface area contributed by atoms with Gasteiger partial charge in [0.25, 0.3) is 0 Å². The first-order chi connectivity index (χ1) is 22.5. The molecule has 2 atom stereocenters. The monoisotopic (exact) mass is 717 g/mol. The molecule has 3 heterocycles. The Hall–Kier alpha value is -4.38. The zero-order valence-corrected chi connectivity index (χ0v) is 29.0. The van der Waals surface area contributed by atoms with Crippen LogP contribution in [0, 0.1) is 0 Å². The average Bonchev–Trinajstić information content (AvgIpc) is 3.50. The van der Waals surface area contributed by atoms with Gasteiger partial charge in [0.15, 0.2) is 11.4 Å². The third-order valence-corrected chi connectivity index (χ3v) is 8.27. The molecule has 0 spiro atoms. The van der Waals surface area contributed by atoms with Crippen LogP contribution in [0.3, 0.4) is 0 Å². The van der Waals surface area contributed by atoms with Crippen LogP contribution in [0.15, 0.2) is 87.3 Å². The van der Waals surface area contributed by atoms with Gasteiger partial charge in [-0.15, -0.1) is 0 Å². The largest absolute Gasteiger partial charge is 0.508 e. The number of pyridine rings is 2. The van der Waals surface area contributed by atoms with Crippen LogP contribution >= 0.6 is 0 Å². The number of benzene rings is 2. The fourth-order valence-electron chi connectivity index (χ4n) is 4.22. The molecule has 12 nitrogen and oxygen atoms in total. The summed E-state index contributed by atoms with van der Waals surface area (Å²) in [5.74, 6) is 0.393. The van der Waals surface area contributed by atoms with Crippen molar-refractivity contribution in [2.24, 2.45) is 0 Å². The average molecular weight is 718 g/mol. The van der Waals surface area contributed by atoms with Crippen LogP contribution < -0.4 is 0 Å². The number of rotatable bonds is 8. The van der Waals surface area contributed by atoms with E-state index < -0.39 is 44.7 Å². The topological polar surface area (TPSA) is 192 Å². The summed E-state index contributed by atoms with van der Waals surface area (Å²) in [6.07, 6.45) is 8.16. The van der Waals surface area contributed by atoms with E-state index in [0.717, 1.165) is 34.6 Å². The highest BCUT2D eigenvalue weighted by Gasteiger charge is 2.16. The van der Waals surface area contributed by atoms with Crippen LogP contribution in [0.4, 0.5) is 0 Å². The lowest BCUT2D eigenvalue weighted by molar-refractivity contribution is 0.0986. The molecule has 248 valence electrons. The fourth-order valence-corrected chi connectivity index (χ4v) is 5.32. The third-order valence-electron chi connectivity index (χ3n) is 6.44. The van der Waals surface area contributed by atoms with Gasteiger partial charge in [-0.2, -0.15) is 16.8 Å². The van der Waals surface area contributed by atoms with Crippen molar-refractivity contribution in [3.05, 3.63) is 95.4 Å². The number of aromatic hydroxyl groups is 1. The molecular weight excluding hydrogens is 687 g/mol. The number of ketones is 1. The molecule has 2 unspecified atom stereocenters. The van der Waals surface area contributed by atoms with Gasteiger partial charge < -0.3 is 9.52 Å². The fraction of sp³-hybridized carbons (Fsp3) is 0.226. The summed E-state index contributed by atoms with van der Waals surface area (Å²) >= 11 is -1.50. The molecule has 1 N–H and O–H groups in total. The summed E-state index contributed by atoms with van der Waals surface area (Å²) in [6.45, 7) is 4.04. The van der Waals surface area contributed by atoms with Crippen LogP contribution in [-0.4, -0.2) is 63.6 Å². The Morgan fingerprint density at radius 2 is 1.34 bits per heavy atom. The molecule has 5 aromatic rings. The first-order valence-electron chi connectivity index (χ1n) is 13.7. The van der Waals surface area contributed by atoms with Gasteiger partial charge in [0.1, 0.15) is 22.7 Å². The molecule has 0 aliphatic heterocycles. The molecule has 3 aromatic heterocycles. The standard InChI is InChI=1S/C16H17NO3S.C15H14N2O2S.2O2S/c1-3-11-5-4-8-17-16(11)15(19)10-12-9-13(21(2)20)6-7-14(12)18;1-3-10-5-4-8-16-14(10)15-17-12-9-11(20(2)18)6-7-13(12)19-15;2*1-3-2/h4-9,18H,3,10H2,1-2H3;4-9H,3H2,1-2H3;;. The molecule has 0 saturated heterocycles. The van der Waals surface area contributed by atoms with Gasteiger partial charge >= 0.3 is 23.1 Å². The molecule has 16 heteroatoms. The van der Waals surface area contributed by atoms with Crippen molar-refractivity contribution in [1.82, 2.24) is 15.0 Å². The Kier molecular flexibility index (Phi) is 16.5. The summed E-state index contributed by atoms with van der Waals surface area (Å²) in [5.41, 5.74) is 5.05. The van der Waals surface area contributed by atoms with Crippen LogP contribution in [0.25, 0.3) is 22.7 Å². The van der Waals surface area contributed by atoms with Crippen molar-refractivity contribution >= 4 is 61.6 Å².